The van der Waals surface area contributed by atoms with E-state index < -0.39 is 6.61 Å². The van der Waals surface area contributed by atoms with Gasteiger partial charge in [0.1, 0.15) is 5.01 Å². The van der Waals surface area contributed by atoms with Gasteiger partial charge in [-0.25, -0.2) is 4.98 Å². The number of hydrogen-bond donors (Lipinski definition) is 0. The predicted molar refractivity (Wildman–Crippen MR) is 53.0 cm³/mol. The molecular formula is C10H6F2NOS. The second kappa shape index (κ2) is 4.35. The van der Waals surface area contributed by atoms with Crippen molar-refractivity contribution in [2.24, 2.45) is 0 Å². The van der Waals surface area contributed by atoms with E-state index in [0.717, 1.165) is 5.56 Å². The van der Waals surface area contributed by atoms with Crippen LogP contribution in [0.2, 0.25) is 0 Å². The van der Waals surface area contributed by atoms with E-state index in [2.05, 4.69) is 15.8 Å². The van der Waals surface area contributed by atoms with E-state index in [-0.39, 0.29) is 5.88 Å². The molecule has 2 rings (SSSR count). The molecule has 0 amide bonds. The summed E-state index contributed by atoms with van der Waals surface area (Å²) >= 11 is 1.26. The number of rotatable bonds is 3. The topological polar surface area (TPSA) is 22.1 Å². The van der Waals surface area contributed by atoms with Gasteiger partial charge in [0.05, 0.1) is 5.38 Å². The molecule has 0 fully saturated rings. The summed E-state index contributed by atoms with van der Waals surface area (Å²) in [6, 6.07) is 9.97. The van der Waals surface area contributed by atoms with Crippen molar-refractivity contribution >= 4 is 11.3 Å². The van der Waals surface area contributed by atoms with Crippen LogP contribution in [0.15, 0.2) is 29.6 Å². The monoisotopic (exact) mass is 226 g/mol. The van der Waals surface area contributed by atoms with Crippen LogP contribution in [0, 0.1) is 6.07 Å². The molecule has 0 N–H and O–H groups in total. The quantitative estimate of drug-likeness (QED) is 0.801. The fraction of sp³-hybridized carbons (Fsp3) is 0.100. The Bertz CT molecular complexity index is 430. The maximum Gasteiger partial charge on any atom is 0.388 e. The molecule has 0 aliphatic heterocycles. The number of thiazole rings is 1. The molecule has 0 unspecified atom stereocenters. The number of benzene rings is 1. The highest BCUT2D eigenvalue weighted by Gasteiger charge is 2.09. The average molecular weight is 226 g/mol. The summed E-state index contributed by atoms with van der Waals surface area (Å²) in [4.78, 5) is 3.92. The van der Waals surface area contributed by atoms with Crippen molar-refractivity contribution in [1.29, 1.82) is 0 Å². The minimum absolute atomic E-state index is 0.0437. The molecule has 2 nitrogen and oxygen atoms in total. The molecule has 0 bridgehead atoms. The van der Waals surface area contributed by atoms with Gasteiger partial charge in [0, 0.05) is 5.56 Å². The minimum atomic E-state index is -2.83. The third-order valence-electron chi connectivity index (χ3n) is 1.66. The number of hydrogen-bond acceptors (Lipinski definition) is 3. The molecule has 0 spiro atoms. The van der Waals surface area contributed by atoms with Crippen molar-refractivity contribution in [3.63, 3.8) is 0 Å². The zero-order valence-corrected chi connectivity index (χ0v) is 8.30. The maximum atomic E-state index is 11.9. The number of nitrogens with zero attached hydrogens (tertiary/aromatic N) is 1. The SMILES string of the molecule is FC(F)Oc1csc(-c2cc[c]cc2)n1. The van der Waals surface area contributed by atoms with Crippen LogP contribution in [0.1, 0.15) is 0 Å². The molecular weight excluding hydrogens is 220 g/mol. The number of alkyl halides is 2. The summed E-state index contributed by atoms with van der Waals surface area (Å²) in [5.74, 6) is -0.0437. The Morgan fingerprint density at radius 2 is 2.07 bits per heavy atom. The Labute approximate surface area is 89.2 Å². The van der Waals surface area contributed by atoms with Gasteiger partial charge in [-0.05, 0) is 6.07 Å². The van der Waals surface area contributed by atoms with Crippen molar-refractivity contribution in [2.45, 2.75) is 6.61 Å². The second-order valence-corrected chi connectivity index (χ2v) is 3.52. The summed E-state index contributed by atoms with van der Waals surface area (Å²) in [5, 5.41) is 2.11. The molecule has 5 heteroatoms. The van der Waals surface area contributed by atoms with E-state index in [1.54, 1.807) is 12.1 Å². The second-order valence-electron chi connectivity index (χ2n) is 2.66. The highest BCUT2D eigenvalue weighted by Crippen LogP contribution is 2.27. The van der Waals surface area contributed by atoms with Gasteiger partial charge in [0.25, 0.3) is 0 Å². The van der Waals surface area contributed by atoms with E-state index >= 15 is 0 Å². The highest BCUT2D eigenvalue weighted by atomic mass is 32.1. The fourth-order valence-electron chi connectivity index (χ4n) is 1.07. The molecule has 0 aliphatic carbocycles. The summed E-state index contributed by atoms with van der Waals surface area (Å²) in [5.41, 5.74) is 0.864. The van der Waals surface area contributed by atoms with Crippen LogP contribution in [0.4, 0.5) is 8.78 Å². The fourth-order valence-corrected chi connectivity index (χ4v) is 1.80. The lowest BCUT2D eigenvalue weighted by Crippen LogP contribution is -2.01. The normalized spacial score (nSPS) is 10.6. The first-order valence-electron chi connectivity index (χ1n) is 4.12. The molecule has 15 heavy (non-hydrogen) atoms. The Hall–Kier alpha value is -1.49. The van der Waals surface area contributed by atoms with Gasteiger partial charge in [-0.3, -0.25) is 0 Å². The summed E-state index contributed by atoms with van der Waals surface area (Å²) in [7, 11) is 0. The first kappa shape index (κ1) is 10.0. The van der Waals surface area contributed by atoms with E-state index in [0.29, 0.717) is 5.01 Å². The van der Waals surface area contributed by atoms with E-state index in [9.17, 15) is 8.78 Å². The van der Waals surface area contributed by atoms with E-state index in [1.807, 2.05) is 12.1 Å². The van der Waals surface area contributed by atoms with Gasteiger partial charge in [-0.15, -0.1) is 11.3 Å². The molecule has 0 saturated carbocycles. The lowest BCUT2D eigenvalue weighted by molar-refractivity contribution is -0.0523. The van der Waals surface area contributed by atoms with Crippen molar-refractivity contribution in [3.05, 3.63) is 35.7 Å². The van der Waals surface area contributed by atoms with Crippen molar-refractivity contribution in [3.8, 4) is 16.5 Å². The molecule has 0 atom stereocenters. The molecule has 1 aromatic carbocycles. The predicted octanol–water partition coefficient (Wildman–Crippen LogP) is 3.21. The third kappa shape index (κ3) is 2.50. The van der Waals surface area contributed by atoms with Crippen LogP contribution in [0.3, 0.4) is 0 Å². The summed E-state index contributed by atoms with van der Waals surface area (Å²) in [6.45, 7) is -2.83. The molecule has 1 radical (unpaired) electrons. The molecule has 1 heterocycles. The summed E-state index contributed by atoms with van der Waals surface area (Å²) < 4.78 is 27.9. The number of ether oxygens (including phenoxy) is 1. The zero-order valence-electron chi connectivity index (χ0n) is 7.48. The van der Waals surface area contributed by atoms with Crippen molar-refractivity contribution in [1.82, 2.24) is 4.98 Å². The van der Waals surface area contributed by atoms with Crippen LogP contribution in [0.5, 0.6) is 5.88 Å². The van der Waals surface area contributed by atoms with Crippen LogP contribution in [-0.2, 0) is 0 Å². The van der Waals surface area contributed by atoms with Crippen LogP contribution in [-0.4, -0.2) is 11.6 Å². The Morgan fingerprint density at radius 1 is 1.33 bits per heavy atom. The van der Waals surface area contributed by atoms with Crippen LogP contribution in [0.25, 0.3) is 10.6 Å². The van der Waals surface area contributed by atoms with Crippen molar-refractivity contribution < 1.29 is 13.5 Å². The van der Waals surface area contributed by atoms with Crippen LogP contribution >= 0.6 is 11.3 Å². The first-order valence-corrected chi connectivity index (χ1v) is 5.00. The molecule has 0 saturated heterocycles. The summed E-state index contributed by atoms with van der Waals surface area (Å²) in [6.07, 6.45) is 0. The number of halogens is 2. The van der Waals surface area contributed by atoms with Gasteiger partial charge in [0.2, 0.25) is 5.88 Å². The van der Waals surface area contributed by atoms with Crippen LogP contribution < -0.4 is 4.74 Å². The zero-order chi connectivity index (χ0) is 10.7. The van der Waals surface area contributed by atoms with Gasteiger partial charge in [-0.1, -0.05) is 24.3 Å². The molecule has 2 aromatic rings. The van der Waals surface area contributed by atoms with E-state index in [4.69, 9.17) is 0 Å². The number of aromatic nitrogens is 1. The standard InChI is InChI=1S/C10H6F2NOS/c11-10(12)14-8-6-15-9(13-8)7-4-2-1-3-5-7/h2-6,10H. The average Bonchev–Trinajstić information content (AvgIpc) is 2.67. The van der Waals surface area contributed by atoms with Gasteiger partial charge < -0.3 is 4.74 Å². The van der Waals surface area contributed by atoms with E-state index in [1.165, 1.54) is 16.7 Å². The first-order chi connectivity index (χ1) is 7.25. The largest absolute Gasteiger partial charge is 0.416 e. The molecule has 1 aromatic heterocycles. The van der Waals surface area contributed by atoms with Crippen molar-refractivity contribution in [2.75, 3.05) is 0 Å². The maximum absolute atomic E-state index is 11.9. The van der Waals surface area contributed by atoms with Gasteiger partial charge >= 0.3 is 6.61 Å². The third-order valence-corrected chi connectivity index (χ3v) is 2.53. The minimum Gasteiger partial charge on any atom is -0.416 e. The smallest absolute Gasteiger partial charge is 0.388 e. The highest BCUT2D eigenvalue weighted by molar-refractivity contribution is 7.13. The molecule has 77 valence electrons. The molecule has 0 aliphatic rings. The lowest BCUT2D eigenvalue weighted by Gasteiger charge is -1.97. The van der Waals surface area contributed by atoms with Gasteiger partial charge in [0.15, 0.2) is 0 Å². The van der Waals surface area contributed by atoms with Gasteiger partial charge in [-0.2, -0.15) is 8.78 Å². The lowest BCUT2D eigenvalue weighted by atomic mass is 10.2. The Morgan fingerprint density at radius 3 is 2.73 bits per heavy atom. The Kier molecular flexibility index (Phi) is 2.91. The Balaban J connectivity index is 2.21.